The van der Waals surface area contributed by atoms with Crippen LogP contribution in [0.5, 0.6) is 0 Å². The molecule has 1 unspecified atom stereocenters. The Morgan fingerprint density at radius 2 is 2.15 bits per heavy atom. The molecule has 74 valence electrons. The number of rotatable bonds is 1. The van der Waals surface area contributed by atoms with E-state index >= 15 is 0 Å². The van der Waals surface area contributed by atoms with E-state index in [2.05, 4.69) is 5.32 Å². The van der Waals surface area contributed by atoms with Crippen molar-refractivity contribution < 1.29 is 23.1 Å². The highest BCUT2D eigenvalue weighted by molar-refractivity contribution is 5.85. The average Bonchev–Trinajstić information content (AvgIpc) is 2.45. The molecular formula is C7H8F3NO2. The van der Waals surface area contributed by atoms with Gasteiger partial charge in [-0.25, -0.2) is 0 Å². The molecule has 0 bridgehead atoms. The number of halogens is 3. The van der Waals surface area contributed by atoms with Crippen LogP contribution in [0.25, 0.3) is 0 Å². The quantitative estimate of drug-likeness (QED) is 0.644. The van der Waals surface area contributed by atoms with E-state index < -0.39 is 29.5 Å². The largest absolute Gasteiger partial charge is 0.480 e. The van der Waals surface area contributed by atoms with Crippen LogP contribution in [-0.2, 0) is 4.79 Å². The van der Waals surface area contributed by atoms with Crippen LogP contribution in [-0.4, -0.2) is 29.3 Å². The average molecular weight is 195 g/mol. The fraction of sp³-hybridized carbons (Fsp3) is 0.857. The molecule has 6 heteroatoms. The third-order valence-electron chi connectivity index (χ3n) is 2.95. The van der Waals surface area contributed by atoms with Gasteiger partial charge in [-0.05, 0) is 13.0 Å². The van der Waals surface area contributed by atoms with E-state index in [0.29, 0.717) is 13.0 Å². The normalized spacial score (nSPS) is 43.0. The van der Waals surface area contributed by atoms with Crippen molar-refractivity contribution in [1.29, 1.82) is 0 Å². The minimum atomic E-state index is -4.39. The number of carboxylic acids is 1. The first kappa shape index (κ1) is 8.80. The van der Waals surface area contributed by atoms with Gasteiger partial charge in [-0.3, -0.25) is 4.79 Å². The minimum Gasteiger partial charge on any atom is -0.480 e. The molecule has 1 aliphatic carbocycles. The third kappa shape index (κ3) is 0.919. The summed E-state index contributed by atoms with van der Waals surface area (Å²) in [6.07, 6.45) is -4.09. The second kappa shape index (κ2) is 2.17. The highest BCUT2D eigenvalue weighted by Crippen LogP contribution is 2.62. The molecule has 1 heterocycles. The van der Waals surface area contributed by atoms with Crippen LogP contribution in [0, 0.1) is 11.8 Å². The number of aliphatic carboxylic acids is 1. The van der Waals surface area contributed by atoms with Crippen molar-refractivity contribution in [2.45, 2.75) is 18.1 Å². The zero-order valence-corrected chi connectivity index (χ0v) is 6.56. The molecule has 0 spiro atoms. The Morgan fingerprint density at radius 3 is 2.46 bits per heavy atom. The summed E-state index contributed by atoms with van der Waals surface area (Å²) in [4.78, 5) is 10.7. The van der Waals surface area contributed by atoms with Crippen molar-refractivity contribution in [2.75, 3.05) is 6.54 Å². The predicted octanol–water partition coefficient (Wildman–Crippen LogP) is 0.611. The molecule has 3 atom stereocenters. The molecule has 0 aromatic carbocycles. The fourth-order valence-electron chi connectivity index (χ4n) is 2.38. The summed E-state index contributed by atoms with van der Waals surface area (Å²) >= 11 is 0. The highest BCUT2D eigenvalue weighted by Gasteiger charge is 2.80. The van der Waals surface area contributed by atoms with Gasteiger partial charge in [-0.1, -0.05) is 0 Å². The zero-order valence-electron chi connectivity index (χ0n) is 6.56. The summed E-state index contributed by atoms with van der Waals surface area (Å²) in [5.74, 6) is -3.83. The van der Waals surface area contributed by atoms with Gasteiger partial charge in [0.2, 0.25) is 0 Å². The van der Waals surface area contributed by atoms with Gasteiger partial charge >= 0.3 is 12.1 Å². The van der Waals surface area contributed by atoms with Crippen LogP contribution in [0.15, 0.2) is 0 Å². The third-order valence-corrected chi connectivity index (χ3v) is 2.95. The molecule has 0 aromatic heterocycles. The van der Waals surface area contributed by atoms with Crippen molar-refractivity contribution in [3.8, 4) is 0 Å². The summed E-state index contributed by atoms with van der Waals surface area (Å²) in [6, 6.07) is 0. The van der Waals surface area contributed by atoms with E-state index in [1.165, 1.54) is 0 Å². The Balaban J connectivity index is 2.25. The molecular weight excluding hydrogens is 187 g/mol. The van der Waals surface area contributed by atoms with E-state index in [1.54, 1.807) is 0 Å². The lowest BCUT2D eigenvalue weighted by Crippen LogP contribution is -2.42. The molecule has 0 aromatic rings. The number of piperidine rings is 1. The molecule has 1 saturated carbocycles. The van der Waals surface area contributed by atoms with Crippen LogP contribution in [0.4, 0.5) is 13.2 Å². The monoisotopic (exact) mass is 195 g/mol. The van der Waals surface area contributed by atoms with Gasteiger partial charge in [-0.15, -0.1) is 0 Å². The molecule has 2 rings (SSSR count). The Morgan fingerprint density at radius 1 is 1.54 bits per heavy atom. The van der Waals surface area contributed by atoms with Crippen LogP contribution in [0.1, 0.15) is 6.42 Å². The number of carbonyl (C=O) groups is 1. The summed E-state index contributed by atoms with van der Waals surface area (Å²) in [7, 11) is 0. The molecule has 3 nitrogen and oxygen atoms in total. The van der Waals surface area contributed by atoms with Crippen molar-refractivity contribution in [1.82, 2.24) is 5.32 Å². The number of hydrogen-bond acceptors (Lipinski definition) is 2. The van der Waals surface area contributed by atoms with Crippen molar-refractivity contribution in [2.24, 2.45) is 11.8 Å². The van der Waals surface area contributed by atoms with Gasteiger partial charge in [0.1, 0.15) is 5.54 Å². The fourth-order valence-corrected chi connectivity index (χ4v) is 2.38. The first-order chi connectivity index (χ1) is 5.90. The van der Waals surface area contributed by atoms with E-state index in [-0.39, 0.29) is 0 Å². The first-order valence-electron chi connectivity index (χ1n) is 3.96. The molecule has 1 aliphatic heterocycles. The lowest BCUT2D eigenvalue weighted by Gasteiger charge is -2.13. The summed E-state index contributed by atoms with van der Waals surface area (Å²) < 4.78 is 36.8. The van der Waals surface area contributed by atoms with Crippen molar-refractivity contribution in [3.05, 3.63) is 0 Å². The summed E-state index contributed by atoms with van der Waals surface area (Å²) in [5.41, 5.74) is -1.70. The van der Waals surface area contributed by atoms with Gasteiger partial charge in [0.15, 0.2) is 0 Å². The van der Waals surface area contributed by atoms with Crippen LogP contribution in [0.2, 0.25) is 0 Å². The standard InChI is InChI=1S/C7H8F3NO2/c8-7(9,10)4-3-1-2-11-6(3,4)5(12)13/h3-4,11H,1-2H2,(H,12,13)/t3?,4-,6+/m0/s1. The molecule has 13 heavy (non-hydrogen) atoms. The van der Waals surface area contributed by atoms with Gasteiger partial charge in [0.05, 0.1) is 5.92 Å². The highest BCUT2D eigenvalue weighted by atomic mass is 19.4. The second-order valence-electron chi connectivity index (χ2n) is 3.52. The molecule has 2 fully saturated rings. The minimum absolute atomic E-state index is 0.302. The van der Waals surface area contributed by atoms with Gasteiger partial charge in [0.25, 0.3) is 0 Å². The number of fused-ring (bicyclic) bond motifs is 1. The Bertz CT molecular complexity index is 265. The van der Waals surface area contributed by atoms with Crippen LogP contribution >= 0.6 is 0 Å². The summed E-state index contributed by atoms with van der Waals surface area (Å²) in [6.45, 7) is 0.365. The van der Waals surface area contributed by atoms with Gasteiger partial charge in [0, 0.05) is 5.92 Å². The number of alkyl halides is 3. The summed E-state index contributed by atoms with van der Waals surface area (Å²) in [5, 5.41) is 11.1. The van der Waals surface area contributed by atoms with Crippen molar-refractivity contribution >= 4 is 5.97 Å². The predicted molar refractivity (Wildman–Crippen MR) is 36.0 cm³/mol. The molecule has 0 radical (unpaired) electrons. The SMILES string of the molecule is O=C(O)[C@@]12NCCC1[C@@H]2C(F)(F)F. The van der Waals surface area contributed by atoms with E-state index in [9.17, 15) is 18.0 Å². The maximum absolute atomic E-state index is 12.3. The zero-order chi connectivity index (χ0) is 9.85. The first-order valence-corrected chi connectivity index (χ1v) is 3.96. The number of nitrogens with one attached hydrogen (secondary N) is 1. The lowest BCUT2D eigenvalue weighted by atomic mass is 10.2. The Kier molecular flexibility index (Phi) is 1.47. The topological polar surface area (TPSA) is 49.3 Å². The van der Waals surface area contributed by atoms with E-state index in [4.69, 9.17) is 5.11 Å². The van der Waals surface area contributed by atoms with E-state index in [1.807, 2.05) is 0 Å². The van der Waals surface area contributed by atoms with Gasteiger partial charge < -0.3 is 10.4 Å². The van der Waals surface area contributed by atoms with Crippen molar-refractivity contribution in [3.63, 3.8) is 0 Å². The smallest absolute Gasteiger partial charge is 0.394 e. The Hall–Kier alpha value is -0.780. The number of hydrogen-bond donors (Lipinski definition) is 2. The second-order valence-corrected chi connectivity index (χ2v) is 3.52. The Labute approximate surface area is 71.9 Å². The maximum Gasteiger partial charge on any atom is 0.394 e. The molecule has 0 amide bonds. The number of carboxylic acid groups (broad SMARTS) is 1. The molecule has 2 N–H and O–H groups in total. The molecule has 2 aliphatic rings. The maximum atomic E-state index is 12.3. The van der Waals surface area contributed by atoms with Crippen LogP contribution in [0.3, 0.4) is 0 Å². The van der Waals surface area contributed by atoms with E-state index in [0.717, 1.165) is 0 Å². The molecule has 1 saturated heterocycles. The van der Waals surface area contributed by atoms with Gasteiger partial charge in [-0.2, -0.15) is 13.2 Å². The lowest BCUT2D eigenvalue weighted by molar-refractivity contribution is -0.165. The van der Waals surface area contributed by atoms with Crippen LogP contribution < -0.4 is 5.32 Å².